The van der Waals surface area contributed by atoms with Gasteiger partial charge in [-0.2, -0.15) is 0 Å². The highest BCUT2D eigenvalue weighted by atomic mass is 16.5. The predicted molar refractivity (Wildman–Crippen MR) is 183 cm³/mol. The van der Waals surface area contributed by atoms with E-state index >= 15 is 0 Å². The first-order chi connectivity index (χ1) is 21.7. The number of hydrogen-bond acceptors (Lipinski definition) is 8. The van der Waals surface area contributed by atoms with Gasteiger partial charge in [0.2, 0.25) is 5.91 Å². The fourth-order valence-corrected chi connectivity index (χ4v) is 6.79. The van der Waals surface area contributed by atoms with Gasteiger partial charge in [-0.15, -0.1) is 6.58 Å². The summed E-state index contributed by atoms with van der Waals surface area (Å²) in [7, 11) is 6.32. The van der Waals surface area contributed by atoms with Gasteiger partial charge in [-0.05, 0) is 88.5 Å². The van der Waals surface area contributed by atoms with E-state index in [4.69, 9.17) is 14.2 Å². The van der Waals surface area contributed by atoms with Gasteiger partial charge >= 0.3 is 0 Å². The second-order valence-corrected chi connectivity index (χ2v) is 13.7. The van der Waals surface area contributed by atoms with Crippen LogP contribution in [0.25, 0.3) is 0 Å². The van der Waals surface area contributed by atoms with Gasteiger partial charge in [0, 0.05) is 46.6 Å². The molecule has 1 aliphatic rings. The maximum atomic E-state index is 13.3. The van der Waals surface area contributed by atoms with Crippen LogP contribution in [0.4, 0.5) is 0 Å². The van der Waals surface area contributed by atoms with Crippen LogP contribution in [0.2, 0.25) is 0 Å². The molecule has 0 aliphatic heterocycles. The molecule has 1 rings (SSSR count). The highest BCUT2D eigenvalue weighted by molar-refractivity contribution is 5.83. The first-order valence-electron chi connectivity index (χ1n) is 17.1. The van der Waals surface area contributed by atoms with E-state index in [1.165, 1.54) is 7.11 Å². The zero-order chi connectivity index (χ0) is 35.0. The Bertz CT molecular complexity index is 980. The number of methoxy groups -OCH3 is 3. The Kier molecular flexibility index (Phi) is 20.1. The van der Waals surface area contributed by atoms with E-state index in [2.05, 4.69) is 24.9 Å². The number of aliphatic hydroxyl groups excluding tert-OH is 3. The van der Waals surface area contributed by atoms with Crippen molar-refractivity contribution in [3.05, 3.63) is 36.0 Å². The minimum atomic E-state index is -0.891. The molecule has 11 unspecified atom stereocenters. The number of amides is 1. The molecule has 0 saturated heterocycles. The summed E-state index contributed by atoms with van der Waals surface area (Å²) in [5.41, 5.74) is 1.99. The standard InChI is InChI=1S/C37H65NO8/c1-11-12-29(30(39)15-13-25(4)35(41)26(5)20-28-14-16-31(40)32(22-28)44-8)18-23(2)17-24(3)19-33(45-9)36(42)34(46-10)21-27(6)37(43)38-7/h11,18,20,24-25,27-29,31-36,40-42H,1,12-17,19,21-22H2,2-10H3,(H,38,43). The molecule has 4 N–H and O–H groups in total. The third kappa shape index (κ3) is 14.1. The number of nitrogens with one attached hydrogen (secondary N) is 1. The molecule has 266 valence electrons. The van der Waals surface area contributed by atoms with Crippen molar-refractivity contribution in [2.75, 3.05) is 28.4 Å². The van der Waals surface area contributed by atoms with Crippen LogP contribution in [0, 0.1) is 29.6 Å². The minimum absolute atomic E-state index is 0.0743. The molecule has 0 heterocycles. The Labute approximate surface area is 278 Å². The van der Waals surface area contributed by atoms with Crippen LogP contribution in [-0.4, -0.2) is 92.0 Å². The molecule has 1 fully saturated rings. The Balaban J connectivity index is 2.76. The Morgan fingerprint density at radius 1 is 1.02 bits per heavy atom. The molecule has 46 heavy (non-hydrogen) atoms. The lowest BCUT2D eigenvalue weighted by Crippen LogP contribution is -2.42. The fraction of sp³-hybridized carbons (Fsp3) is 0.784. The second-order valence-electron chi connectivity index (χ2n) is 13.7. The van der Waals surface area contributed by atoms with Crippen molar-refractivity contribution in [1.29, 1.82) is 0 Å². The van der Waals surface area contributed by atoms with Crippen LogP contribution >= 0.6 is 0 Å². The normalized spacial score (nSPS) is 24.7. The monoisotopic (exact) mass is 651 g/mol. The molecule has 0 bridgehead atoms. The number of hydrogen-bond donors (Lipinski definition) is 4. The largest absolute Gasteiger partial charge is 0.390 e. The number of Topliss-reactive ketones (excluding diaryl/α,β-unsaturated/α-hetero) is 1. The Morgan fingerprint density at radius 2 is 1.65 bits per heavy atom. The first kappa shape index (κ1) is 42.1. The number of ether oxygens (including phenoxy) is 3. The average molecular weight is 652 g/mol. The van der Waals surface area contributed by atoms with Gasteiger partial charge < -0.3 is 34.8 Å². The lowest BCUT2D eigenvalue weighted by atomic mass is 9.82. The molecule has 0 aromatic carbocycles. The van der Waals surface area contributed by atoms with Crippen LogP contribution in [0.15, 0.2) is 36.0 Å². The molecule has 9 nitrogen and oxygen atoms in total. The van der Waals surface area contributed by atoms with E-state index in [1.807, 2.05) is 26.8 Å². The third-order valence-corrected chi connectivity index (χ3v) is 9.72. The smallest absolute Gasteiger partial charge is 0.222 e. The number of carbonyl (C=O) groups excluding carboxylic acids is 2. The summed E-state index contributed by atoms with van der Waals surface area (Å²) in [5, 5.41) is 34.8. The predicted octanol–water partition coefficient (Wildman–Crippen LogP) is 5.17. The second kappa shape index (κ2) is 21.9. The molecular formula is C37H65NO8. The van der Waals surface area contributed by atoms with Gasteiger partial charge in [-0.1, -0.05) is 44.6 Å². The lowest BCUT2D eigenvalue weighted by Gasteiger charge is -2.31. The summed E-state index contributed by atoms with van der Waals surface area (Å²) in [6.45, 7) is 13.7. The summed E-state index contributed by atoms with van der Waals surface area (Å²) >= 11 is 0. The molecule has 0 spiro atoms. The van der Waals surface area contributed by atoms with E-state index in [-0.39, 0.29) is 47.4 Å². The van der Waals surface area contributed by atoms with Crippen molar-refractivity contribution in [3.63, 3.8) is 0 Å². The van der Waals surface area contributed by atoms with Crippen molar-refractivity contribution in [3.8, 4) is 0 Å². The number of ketones is 1. The molecule has 0 radical (unpaired) electrons. The first-order valence-corrected chi connectivity index (χ1v) is 17.1. The molecule has 11 atom stereocenters. The van der Waals surface area contributed by atoms with Gasteiger partial charge in [0.05, 0.1) is 30.5 Å². The zero-order valence-electron chi connectivity index (χ0n) is 30.0. The van der Waals surface area contributed by atoms with Crippen molar-refractivity contribution in [2.24, 2.45) is 29.6 Å². The fourth-order valence-electron chi connectivity index (χ4n) is 6.79. The van der Waals surface area contributed by atoms with Crippen molar-refractivity contribution in [1.82, 2.24) is 5.32 Å². The molecule has 0 aromatic heterocycles. The van der Waals surface area contributed by atoms with E-state index in [0.717, 1.165) is 30.4 Å². The minimum Gasteiger partial charge on any atom is -0.390 e. The summed E-state index contributed by atoms with van der Waals surface area (Å²) in [6, 6.07) is 0. The van der Waals surface area contributed by atoms with Crippen molar-refractivity contribution in [2.45, 2.75) is 129 Å². The molecule has 1 amide bonds. The van der Waals surface area contributed by atoms with E-state index in [0.29, 0.717) is 38.5 Å². The Hall–Kier alpha value is -1.88. The van der Waals surface area contributed by atoms with E-state index < -0.39 is 30.5 Å². The van der Waals surface area contributed by atoms with Gasteiger partial charge in [0.1, 0.15) is 11.9 Å². The summed E-state index contributed by atoms with van der Waals surface area (Å²) in [6.07, 6.45) is 8.28. The number of aliphatic hydroxyl groups is 3. The van der Waals surface area contributed by atoms with Crippen LogP contribution in [0.1, 0.15) is 92.4 Å². The summed E-state index contributed by atoms with van der Waals surface area (Å²) in [4.78, 5) is 25.3. The zero-order valence-corrected chi connectivity index (χ0v) is 30.0. The number of rotatable bonds is 22. The highest BCUT2D eigenvalue weighted by Crippen LogP contribution is 2.30. The van der Waals surface area contributed by atoms with Crippen molar-refractivity contribution >= 4 is 11.7 Å². The average Bonchev–Trinajstić information content (AvgIpc) is 3.03. The SMILES string of the molecule is C=CCC(C=C(C)CC(C)CC(OC)C(O)C(CC(C)C(=O)NC)OC)C(=O)CCC(C)C(O)C(C)=CC1CCC(O)C(OC)C1. The van der Waals surface area contributed by atoms with Gasteiger partial charge in [0.15, 0.2) is 0 Å². The molecule has 9 heteroatoms. The van der Waals surface area contributed by atoms with Gasteiger partial charge in [0.25, 0.3) is 0 Å². The topological polar surface area (TPSA) is 135 Å². The molecule has 1 aliphatic carbocycles. The number of carbonyl (C=O) groups is 2. The summed E-state index contributed by atoms with van der Waals surface area (Å²) in [5.74, 6) is -0.205. The van der Waals surface area contributed by atoms with Crippen LogP contribution in [0.3, 0.4) is 0 Å². The molecular weight excluding hydrogens is 586 g/mol. The van der Waals surface area contributed by atoms with E-state index in [9.17, 15) is 24.9 Å². The van der Waals surface area contributed by atoms with Crippen molar-refractivity contribution < 1.29 is 39.1 Å². The third-order valence-electron chi connectivity index (χ3n) is 9.72. The maximum absolute atomic E-state index is 13.3. The maximum Gasteiger partial charge on any atom is 0.222 e. The van der Waals surface area contributed by atoms with Crippen LogP contribution < -0.4 is 5.32 Å². The quantitative estimate of drug-likeness (QED) is 0.118. The molecule has 0 aromatic rings. The van der Waals surface area contributed by atoms with E-state index in [1.54, 1.807) is 34.3 Å². The number of allylic oxidation sites excluding steroid dienone is 4. The lowest BCUT2D eigenvalue weighted by molar-refractivity contribution is -0.129. The van der Waals surface area contributed by atoms with Crippen LogP contribution in [0.5, 0.6) is 0 Å². The van der Waals surface area contributed by atoms with Gasteiger partial charge in [-0.3, -0.25) is 9.59 Å². The molecule has 1 saturated carbocycles. The summed E-state index contributed by atoms with van der Waals surface area (Å²) < 4.78 is 16.6. The van der Waals surface area contributed by atoms with Crippen LogP contribution in [-0.2, 0) is 23.8 Å². The Morgan fingerprint density at radius 3 is 2.22 bits per heavy atom. The van der Waals surface area contributed by atoms with Gasteiger partial charge in [-0.25, -0.2) is 0 Å². The highest BCUT2D eigenvalue weighted by Gasteiger charge is 2.32.